The smallest absolute Gasteiger partial charge is 0.162 e. The molecule has 1 N–H and O–H groups in total. The van der Waals surface area contributed by atoms with Gasteiger partial charge in [-0.3, -0.25) is 0 Å². The molecule has 1 heterocycles. The fraction of sp³-hybridized carbons (Fsp3) is 0.250. The SMILES string of the molecule is COc1ccccc1C(O)c1cc2c(cc1Br)OCCO2. The minimum Gasteiger partial charge on any atom is -0.496 e. The molecule has 0 fully saturated rings. The van der Waals surface area contributed by atoms with Crippen molar-refractivity contribution in [1.29, 1.82) is 0 Å². The van der Waals surface area contributed by atoms with E-state index >= 15 is 0 Å². The molecule has 0 aromatic heterocycles. The second kappa shape index (κ2) is 5.95. The number of rotatable bonds is 3. The van der Waals surface area contributed by atoms with Crippen molar-refractivity contribution in [3.8, 4) is 17.2 Å². The summed E-state index contributed by atoms with van der Waals surface area (Å²) in [6.45, 7) is 1.05. The number of ether oxygens (including phenoxy) is 3. The number of aliphatic hydroxyl groups is 1. The third kappa shape index (κ3) is 2.71. The standard InChI is InChI=1S/C16H15BrO4/c1-19-13-5-3-2-4-10(13)16(18)11-8-14-15(9-12(11)17)21-7-6-20-14/h2-5,8-9,16,18H,6-7H2,1H3. The average molecular weight is 351 g/mol. The quantitative estimate of drug-likeness (QED) is 0.922. The Hall–Kier alpha value is -1.72. The lowest BCUT2D eigenvalue weighted by atomic mass is 10.00. The van der Waals surface area contributed by atoms with Crippen molar-refractivity contribution >= 4 is 15.9 Å². The minimum atomic E-state index is -0.814. The number of para-hydroxylation sites is 1. The van der Waals surface area contributed by atoms with Crippen LogP contribution in [0.25, 0.3) is 0 Å². The van der Waals surface area contributed by atoms with Crippen LogP contribution in [0.3, 0.4) is 0 Å². The Labute approximate surface area is 131 Å². The molecule has 1 aliphatic heterocycles. The molecule has 1 unspecified atom stereocenters. The molecule has 1 aliphatic rings. The Bertz CT molecular complexity index is 657. The van der Waals surface area contributed by atoms with Crippen molar-refractivity contribution in [1.82, 2.24) is 0 Å². The third-order valence-corrected chi connectivity index (χ3v) is 4.08. The van der Waals surface area contributed by atoms with Gasteiger partial charge in [0.05, 0.1) is 7.11 Å². The van der Waals surface area contributed by atoms with E-state index in [0.717, 1.165) is 4.47 Å². The van der Waals surface area contributed by atoms with Crippen LogP contribution >= 0.6 is 15.9 Å². The van der Waals surface area contributed by atoms with E-state index in [1.54, 1.807) is 13.2 Å². The van der Waals surface area contributed by atoms with Gasteiger partial charge in [-0.2, -0.15) is 0 Å². The first-order valence-electron chi connectivity index (χ1n) is 6.60. The molecule has 1 atom stereocenters. The van der Waals surface area contributed by atoms with E-state index in [1.807, 2.05) is 30.3 Å². The highest BCUT2D eigenvalue weighted by molar-refractivity contribution is 9.10. The summed E-state index contributed by atoms with van der Waals surface area (Å²) in [7, 11) is 1.59. The fourth-order valence-corrected chi connectivity index (χ4v) is 2.89. The summed E-state index contributed by atoms with van der Waals surface area (Å²) in [5.74, 6) is 1.98. The monoisotopic (exact) mass is 350 g/mol. The number of hydrogen-bond acceptors (Lipinski definition) is 4. The van der Waals surface area contributed by atoms with Crippen molar-refractivity contribution in [2.45, 2.75) is 6.10 Å². The van der Waals surface area contributed by atoms with Crippen LogP contribution in [0, 0.1) is 0 Å². The molecule has 110 valence electrons. The summed E-state index contributed by atoms with van der Waals surface area (Å²) in [4.78, 5) is 0. The van der Waals surface area contributed by atoms with Crippen LogP contribution in [0.1, 0.15) is 17.2 Å². The Morgan fingerprint density at radius 3 is 2.48 bits per heavy atom. The Balaban J connectivity index is 2.03. The normalized spacial score (nSPS) is 14.6. The first-order chi connectivity index (χ1) is 10.2. The van der Waals surface area contributed by atoms with Crippen molar-refractivity contribution in [3.63, 3.8) is 0 Å². The van der Waals surface area contributed by atoms with Gasteiger partial charge in [-0.05, 0) is 18.2 Å². The van der Waals surface area contributed by atoms with Crippen molar-refractivity contribution in [2.75, 3.05) is 20.3 Å². The third-order valence-electron chi connectivity index (χ3n) is 3.39. The van der Waals surface area contributed by atoms with Gasteiger partial charge in [0.2, 0.25) is 0 Å². The average Bonchev–Trinajstić information content (AvgIpc) is 2.53. The maximum absolute atomic E-state index is 10.7. The number of fused-ring (bicyclic) bond motifs is 1. The van der Waals surface area contributed by atoms with Crippen molar-refractivity contribution in [2.24, 2.45) is 0 Å². The highest BCUT2D eigenvalue weighted by Gasteiger charge is 2.22. The van der Waals surface area contributed by atoms with Gasteiger partial charge in [-0.1, -0.05) is 34.1 Å². The second-order valence-corrected chi connectivity index (χ2v) is 5.52. The highest BCUT2D eigenvalue weighted by Crippen LogP contribution is 2.40. The van der Waals surface area contributed by atoms with E-state index in [9.17, 15) is 5.11 Å². The summed E-state index contributed by atoms with van der Waals surface area (Å²) in [5.41, 5.74) is 1.42. The van der Waals surface area contributed by atoms with Gasteiger partial charge in [-0.25, -0.2) is 0 Å². The van der Waals surface area contributed by atoms with Crippen LogP contribution in [-0.4, -0.2) is 25.4 Å². The zero-order valence-corrected chi connectivity index (χ0v) is 13.1. The zero-order valence-electron chi connectivity index (χ0n) is 11.5. The largest absolute Gasteiger partial charge is 0.496 e. The summed E-state index contributed by atoms with van der Waals surface area (Å²) in [6, 6.07) is 11.0. The molecule has 0 saturated carbocycles. The van der Waals surface area contributed by atoms with Gasteiger partial charge < -0.3 is 19.3 Å². The first kappa shape index (κ1) is 14.2. The molecule has 0 aliphatic carbocycles. The molecule has 0 saturated heterocycles. The molecule has 3 rings (SSSR count). The second-order valence-electron chi connectivity index (χ2n) is 4.66. The minimum absolute atomic E-state index is 0.513. The fourth-order valence-electron chi connectivity index (χ4n) is 2.35. The molecule has 5 heteroatoms. The van der Waals surface area contributed by atoms with E-state index in [4.69, 9.17) is 14.2 Å². The number of methoxy groups -OCH3 is 1. The summed E-state index contributed by atoms with van der Waals surface area (Å²) in [6.07, 6.45) is -0.814. The molecular formula is C16H15BrO4. The molecule has 0 bridgehead atoms. The van der Waals surface area contributed by atoms with Gasteiger partial charge >= 0.3 is 0 Å². The van der Waals surface area contributed by atoms with Crippen molar-refractivity contribution < 1.29 is 19.3 Å². The van der Waals surface area contributed by atoms with Crippen molar-refractivity contribution in [3.05, 3.63) is 52.0 Å². The Morgan fingerprint density at radius 1 is 1.10 bits per heavy atom. The number of aliphatic hydroxyl groups excluding tert-OH is 1. The predicted octanol–water partition coefficient (Wildman–Crippen LogP) is 3.31. The molecular weight excluding hydrogens is 336 g/mol. The summed E-state index contributed by atoms with van der Waals surface area (Å²) < 4.78 is 17.2. The molecule has 2 aromatic carbocycles. The topological polar surface area (TPSA) is 47.9 Å². The lowest BCUT2D eigenvalue weighted by Gasteiger charge is -2.22. The molecule has 4 nitrogen and oxygen atoms in total. The number of hydrogen-bond donors (Lipinski definition) is 1. The molecule has 2 aromatic rings. The van der Waals surface area contributed by atoms with E-state index in [-0.39, 0.29) is 0 Å². The van der Waals surface area contributed by atoms with Gasteiger partial charge in [-0.15, -0.1) is 0 Å². The Morgan fingerprint density at radius 2 is 1.76 bits per heavy atom. The van der Waals surface area contributed by atoms with E-state index in [0.29, 0.717) is 41.6 Å². The summed E-state index contributed by atoms with van der Waals surface area (Å²) in [5, 5.41) is 10.7. The van der Waals surface area contributed by atoms with E-state index < -0.39 is 6.10 Å². The van der Waals surface area contributed by atoms with Gasteiger partial charge in [0, 0.05) is 15.6 Å². The van der Waals surface area contributed by atoms with Crippen LogP contribution in [0.4, 0.5) is 0 Å². The lowest BCUT2D eigenvalue weighted by molar-refractivity contribution is 0.169. The van der Waals surface area contributed by atoms with Crippen LogP contribution in [0.2, 0.25) is 0 Å². The van der Waals surface area contributed by atoms with Gasteiger partial charge in [0.25, 0.3) is 0 Å². The van der Waals surface area contributed by atoms with Gasteiger partial charge in [0.15, 0.2) is 11.5 Å². The van der Waals surface area contributed by atoms with Crippen LogP contribution in [-0.2, 0) is 0 Å². The first-order valence-corrected chi connectivity index (χ1v) is 7.40. The van der Waals surface area contributed by atoms with Crippen LogP contribution in [0.5, 0.6) is 17.2 Å². The Kier molecular flexibility index (Phi) is 4.03. The molecule has 0 radical (unpaired) electrons. The van der Waals surface area contributed by atoms with Gasteiger partial charge in [0.1, 0.15) is 25.1 Å². The highest BCUT2D eigenvalue weighted by atomic mass is 79.9. The molecule has 0 amide bonds. The number of halogens is 1. The summed E-state index contributed by atoms with van der Waals surface area (Å²) >= 11 is 3.48. The lowest BCUT2D eigenvalue weighted by Crippen LogP contribution is -2.16. The van der Waals surface area contributed by atoms with E-state index in [2.05, 4.69) is 15.9 Å². The predicted molar refractivity (Wildman–Crippen MR) is 82.2 cm³/mol. The molecule has 0 spiro atoms. The van der Waals surface area contributed by atoms with E-state index in [1.165, 1.54) is 0 Å². The maximum atomic E-state index is 10.7. The maximum Gasteiger partial charge on any atom is 0.162 e. The molecule has 21 heavy (non-hydrogen) atoms. The van der Waals surface area contributed by atoms with Crippen LogP contribution < -0.4 is 14.2 Å². The van der Waals surface area contributed by atoms with Crippen LogP contribution in [0.15, 0.2) is 40.9 Å². The zero-order chi connectivity index (χ0) is 14.8. The number of benzene rings is 2.